The van der Waals surface area contributed by atoms with Gasteiger partial charge < -0.3 is 15.4 Å². The molecule has 2 atom stereocenters. The van der Waals surface area contributed by atoms with E-state index in [9.17, 15) is 18.0 Å². The number of carbonyl (C=O) groups is 1. The molecule has 1 aromatic carbocycles. The van der Waals surface area contributed by atoms with Crippen LogP contribution < -0.4 is 10.6 Å². The minimum absolute atomic E-state index is 0.0250. The lowest BCUT2D eigenvalue weighted by Crippen LogP contribution is -2.45. The van der Waals surface area contributed by atoms with Crippen LogP contribution in [0.2, 0.25) is 5.02 Å². The molecule has 0 radical (unpaired) electrons. The van der Waals surface area contributed by atoms with E-state index in [2.05, 4.69) is 15.6 Å². The average Bonchev–Trinajstić information content (AvgIpc) is 2.84. The van der Waals surface area contributed by atoms with Gasteiger partial charge in [-0.2, -0.15) is 13.2 Å². The fourth-order valence-electron chi connectivity index (χ4n) is 4.57. The van der Waals surface area contributed by atoms with Gasteiger partial charge in [-0.25, -0.2) is 0 Å². The number of ether oxygens (including phenoxy) is 1. The minimum Gasteiger partial charge on any atom is -0.385 e. The van der Waals surface area contributed by atoms with E-state index in [1.165, 1.54) is 6.20 Å². The number of Topliss-reactive ketones (excluding diaryl/α,β-unsaturated/α-hetero) is 1. The smallest absolute Gasteiger partial charge is 0.385 e. The molecule has 2 aliphatic rings. The third kappa shape index (κ3) is 6.49. The molecular formula is C25H29ClF3N3O2. The van der Waals surface area contributed by atoms with Crippen LogP contribution in [0.5, 0.6) is 0 Å². The van der Waals surface area contributed by atoms with Crippen molar-refractivity contribution < 1.29 is 22.7 Å². The molecule has 0 spiro atoms. The molecule has 34 heavy (non-hydrogen) atoms. The highest BCUT2D eigenvalue weighted by molar-refractivity contribution is 6.33. The molecular weight excluding hydrogens is 467 g/mol. The van der Waals surface area contributed by atoms with E-state index in [0.29, 0.717) is 16.6 Å². The number of nitrogens with one attached hydrogen (secondary N) is 2. The number of nitrogens with zero attached hydrogens (tertiary/aromatic N) is 1. The normalized spacial score (nSPS) is 21.9. The molecule has 2 aromatic rings. The molecule has 2 saturated heterocycles. The van der Waals surface area contributed by atoms with Crippen LogP contribution in [0.4, 0.5) is 18.9 Å². The molecule has 9 heteroatoms. The van der Waals surface area contributed by atoms with Gasteiger partial charge in [-0.1, -0.05) is 23.7 Å². The van der Waals surface area contributed by atoms with E-state index in [-0.39, 0.29) is 31.7 Å². The Balaban J connectivity index is 1.43. The Bertz CT molecular complexity index is 996. The lowest BCUT2D eigenvalue weighted by molar-refractivity contribution is -0.182. The number of halogens is 4. The van der Waals surface area contributed by atoms with Gasteiger partial charge in [0.2, 0.25) is 0 Å². The Hall–Kier alpha value is -2.16. The van der Waals surface area contributed by atoms with Crippen LogP contribution in [-0.4, -0.2) is 49.8 Å². The summed E-state index contributed by atoms with van der Waals surface area (Å²) in [5.41, 5.74) is 3.10. The van der Waals surface area contributed by atoms with Crippen LogP contribution >= 0.6 is 11.6 Å². The monoisotopic (exact) mass is 495 g/mol. The third-order valence-corrected chi connectivity index (χ3v) is 6.95. The predicted octanol–water partition coefficient (Wildman–Crippen LogP) is 5.14. The highest BCUT2D eigenvalue weighted by Gasteiger charge is 2.43. The van der Waals surface area contributed by atoms with Crippen LogP contribution in [0.1, 0.15) is 25.0 Å². The van der Waals surface area contributed by atoms with Crippen LogP contribution in [0.15, 0.2) is 36.5 Å². The largest absolute Gasteiger partial charge is 0.393 e. The maximum atomic E-state index is 13.1. The van der Waals surface area contributed by atoms with Crippen LogP contribution in [0, 0.1) is 17.8 Å². The SMILES string of the molecule is O=C(Cc1cc(-c2cccc(NCC3CCOCC3)c2)c(Cl)cn1)[C@H]1CNC[C@@H](C(F)(F)F)C1. The number of ketones is 1. The van der Waals surface area contributed by atoms with Crippen LogP contribution in [-0.2, 0) is 16.0 Å². The van der Waals surface area contributed by atoms with Gasteiger partial charge in [0, 0.05) is 68.3 Å². The van der Waals surface area contributed by atoms with Gasteiger partial charge in [-0.05, 0) is 48.9 Å². The molecule has 2 N–H and O–H groups in total. The van der Waals surface area contributed by atoms with E-state index in [1.54, 1.807) is 6.07 Å². The summed E-state index contributed by atoms with van der Waals surface area (Å²) < 4.78 is 44.7. The first-order chi connectivity index (χ1) is 16.3. The molecule has 2 aliphatic heterocycles. The Morgan fingerprint density at radius 3 is 2.76 bits per heavy atom. The summed E-state index contributed by atoms with van der Waals surface area (Å²) in [5.74, 6) is -1.85. The molecule has 0 saturated carbocycles. The zero-order chi connectivity index (χ0) is 24.1. The van der Waals surface area contributed by atoms with Gasteiger partial charge in [-0.15, -0.1) is 0 Å². The highest BCUT2D eigenvalue weighted by Crippen LogP contribution is 2.34. The number of rotatable bonds is 7. The second-order valence-corrected chi connectivity index (χ2v) is 9.55. The summed E-state index contributed by atoms with van der Waals surface area (Å²) in [6.07, 6.45) is -0.929. The molecule has 0 aliphatic carbocycles. The number of anilines is 1. The van der Waals surface area contributed by atoms with Crippen molar-refractivity contribution in [1.29, 1.82) is 0 Å². The molecule has 184 valence electrons. The summed E-state index contributed by atoms with van der Waals surface area (Å²) >= 11 is 6.42. The average molecular weight is 496 g/mol. The minimum atomic E-state index is -4.30. The summed E-state index contributed by atoms with van der Waals surface area (Å²) in [5, 5.41) is 6.69. The number of pyridine rings is 1. The van der Waals surface area contributed by atoms with E-state index in [4.69, 9.17) is 16.3 Å². The topological polar surface area (TPSA) is 63.2 Å². The first kappa shape index (κ1) is 24.9. The molecule has 1 aromatic heterocycles. The zero-order valence-corrected chi connectivity index (χ0v) is 19.6. The van der Waals surface area contributed by atoms with Crippen molar-refractivity contribution in [1.82, 2.24) is 10.3 Å². The number of hydrogen-bond donors (Lipinski definition) is 2. The molecule has 5 nitrogen and oxygen atoms in total. The lowest BCUT2D eigenvalue weighted by Gasteiger charge is -2.30. The van der Waals surface area contributed by atoms with Gasteiger partial charge in [0.15, 0.2) is 0 Å². The molecule has 0 bridgehead atoms. The quantitative estimate of drug-likeness (QED) is 0.557. The van der Waals surface area contributed by atoms with Gasteiger partial charge in [-0.3, -0.25) is 9.78 Å². The van der Waals surface area contributed by atoms with Crippen molar-refractivity contribution in [3.8, 4) is 11.1 Å². The maximum Gasteiger partial charge on any atom is 0.393 e. The number of carbonyl (C=O) groups excluding carboxylic acids is 1. The van der Waals surface area contributed by atoms with Crippen molar-refractivity contribution in [2.45, 2.75) is 31.9 Å². The van der Waals surface area contributed by atoms with Crippen LogP contribution in [0.3, 0.4) is 0 Å². The van der Waals surface area contributed by atoms with E-state index >= 15 is 0 Å². The first-order valence-corrected chi connectivity index (χ1v) is 12.0. The van der Waals surface area contributed by atoms with Gasteiger partial charge >= 0.3 is 6.18 Å². The predicted molar refractivity (Wildman–Crippen MR) is 126 cm³/mol. The van der Waals surface area contributed by atoms with Crippen molar-refractivity contribution in [2.75, 3.05) is 38.2 Å². The summed E-state index contributed by atoms with van der Waals surface area (Å²) in [6.45, 7) is 2.58. The van der Waals surface area contributed by atoms with Gasteiger partial charge in [0.25, 0.3) is 0 Å². The van der Waals surface area contributed by atoms with Gasteiger partial charge in [0.05, 0.1) is 10.9 Å². The summed E-state index contributed by atoms with van der Waals surface area (Å²) in [7, 11) is 0. The molecule has 4 rings (SSSR count). The summed E-state index contributed by atoms with van der Waals surface area (Å²) in [6, 6.07) is 9.63. The first-order valence-electron chi connectivity index (χ1n) is 11.7. The molecule has 0 unspecified atom stereocenters. The molecule has 3 heterocycles. The number of aromatic nitrogens is 1. The van der Waals surface area contributed by atoms with E-state index in [1.807, 2.05) is 24.3 Å². The van der Waals surface area contributed by atoms with Crippen molar-refractivity contribution in [3.05, 3.63) is 47.2 Å². The fraction of sp³-hybridized carbons (Fsp3) is 0.520. The van der Waals surface area contributed by atoms with Crippen molar-refractivity contribution in [2.24, 2.45) is 17.8 Å². The number of piperidine rings is 1. The third-order valence-electron chi connectivity index (χ3n) is 6.65. The number of benzene rings is 1. The number of alkyl halides is 3. The highest BCUT2D eigenvalue weighted by atomic mass is 35.5. The number of hydrogen-bond acceptors (Lipinski definition) is 5. The Kier molecular flexibility index (Phi) is 8.11. The standard InChI is InChI=1S/C25H29ClF3N3O2/c26-23-15-32-21(11-24(33)18-8-19(14-30-13-18)25(27,28)29)10-22(23)17-2-1-3-20(9-17)31-12-16-4-6-34-7-5-16/h1-3,9-10,15-16,18-19,30-31H,4-8,11-14H2/t18-,19+/m1/s1. The molecule has 2 fully saturated rings. The Labute approximate surface area is 202 Å². The fourth-order valence-corrected chi connectivity index (χ4v) is 4.78. The van der Waals surface area contributed by atoms with E-state index < -0.39 is 18.0 Å². The van der Waals surface area contributed by atoms with E-state index in [0.717, 1.165) is 49.4 Å². The Morgan fingerprint density at radius 2 is 2.00 bits per heavy atom. The maximum absolute atomic E-state index is 13.1. The van der Waals surface area contributed by atoms with Gasteiger partial charge in [0.1, 0.15) is 5.78 Å². The zero-order valence-electron chi connectivity index (χ0n) is 18.8. The Morgan fingerprint density at radius 1 is 1.21 bits per heavy atom. The second kappa shape index (κ2) is 11.1. The lowest BCUT2D eigenvalue weighted by atomic mass is 9.85. The van der Waals surface area contributed by atoms with Crippen LogP contribution in [0.25, 0.3) is 11.1 Å². The van der Waals surface area contributed by atoms with Crippen molar-refractivity contribution in [3.63, 3.8) is 0 Å². The molecule has 0 amide bonds. The van der Waals surface area contributed by atoms with Crippen molar-refractivity contribution >= 4 is 23.1 Å². The second-order valence-electron chi connectivity index (χ2n) is 9.15. The summed E-state index contributed by atoms with van der Waals surface area (Å²) in [4.78, 5) is 17.0.